The summed E-state index contributed by atoms with van der Waals surface area (Å²) in [5, 5.41) is 0. The zero-order valence-corrected chi connectivity index (χ0v) is 15.2. The van der Waals surface area contributed by atoms with Crippen molar-refractivity contribution in [3.8, 4) is 0 Å². The molecule has 0 radical (unpaired) electrons. The average Bonchev–Trinajstić information content (AvgIpc) is 2.32. The van der Waals surface area contributed by atoms with Crippen LogP contribution in [0.2, 0.25) is 6.04 Å². The summed E-state index contributed by atoms with van der Waals surface area (Å²) >= 11 is 0. The molecule has 0 amide bonds. The van der Waals surface area contributed by atoms with Crippen molar-refractivity contribution in [2.24, 2.45) is 0 Å². The number of hydrogen-bond acceptors (Lipinski definition) is 3. The van der Waals surface area contributed by atoms with Crippen LogP contribution in [0.1, 0.15) is 46.5 Å². The van der Waals surface area contributed by atoms with Gasteiger partial charge >= 0.3 is 8.80 Å². The molecule has 0 saturated heterocycles. The average molecular weight is 374 g/mol. The first kappa shape index (κ1) is 22.1. The second-order valence-corrected chi connectivity index (χ2v) is 10.4. The van der Waals surface area contributed by atoms with E-state index in [1.165, 1.54) is 0 Å². The molecule has 22 heavy (non-hydrogen) atoms. The predicted molar refractivity (Wildman–Crippen MR) is 81.9 cm³/mol. The van der Waals surface area contributed by atoms with E-state index in [-0.39, 0.29) is 6.42 Å². The molecule has 0 aromatic carbocycles. The third kappa shape index (κ3) is 11.6. The van der Waals surface area contributed by atoms with Gasteiger partial charge in [-0.2, -0.15) is 0 Å². The molecule has 10 heteroatoms. The van der Waals surface area contributed by atoms with Crippen molar-refractivity contribution < 1.29 is 32.7 Å². The van der Waals surface area contributed by atoms with Crippen LogP contribution in [0.15, 0.2) is 0 Å². The van der Waals surface area contributed by atoms with Gasteiger partial charge in [0, 0.05) is 25.9 Å². The summed E-state index contributed by atoms with van der Waals surface area (Å²) in [6.45, 7) is 6.72. The van der Waals surface area contributed by atoms with Crippen LogP contribution in [-0.2, 0) is 13.3 Å². The standard InChI is InChI=1S/C12H27F5O3SSi/c1-4-18-22(19-5-2,20-6-3)12-10-8-7-9-11-21(13,14,15,16)17/h4-12H2,1-3H3. The summed E-state index contributed by atoms with van der Waals surface area (Å²) in [4.78, 5) is 0. The fourth-order valence-corrected chi connectivity index (χ4v) is 5.51. The van der Waals surface area contributed by atoms with Crippen molar-refractivity contribution in [1.29, 1.82) is 0 Å². The molecule has 138 valence electrons. The van der Waals surface area contributed by atoms with Gasteiger partial charge in [0.1, 0.15) is 0 Å². The SMILES string of the molecule is CCO[Si](CCCCCCS(F)(F)(F)(F)F)(OCC)OCC. The summed E-state index contributed by atoms with van der Waals surface area (Å²) < 4.78 is 77.6. The van der Waals surface area contributed by atoms with Crippen molar-refractivity contribution >= 4 is 19.0 Å². The molecule has 0 aromatic heterocycles. The maximum absolute atomic E-state index is 12.2. The van der Waals surface area contributed by atoms with E-state index < -0.39 is 31.2 Å². The summed E-state index contributed by atoms with van der Waals surface area (Å²) in [7, 11) is -12.0. The minimum Gasteiger partial charge on any atom is -0.374 e. The fourth-order valence-electron chi connectivity index (χ4n) is 2.07. The quantitative estimate of drug-likeness (QED) is 0.228. The lowest BCUT2D eigenvalue weighted by Gasteiger charge is -2.40. The third-order valence-electron chi connectivity index (χ3n) is 2.86. The maximum Gasteiger partial charge on any atom is 0.500 e. The van der Waals surface area contributed by atoms with Gasteiger partial charge in [0.15, 0.2) is 0 Å². The Labute approximate surface area is 130 Å². The van der Waals surface area contributed by atoms with Crippen molar-refractivity contribution in [2.45, 2.75) is 52.5 Å². The molecular formula is C12H27F5O3SSi. The Hall–Kier alpha value is 0.0969. The van der Waals surface area contributed by atoms with Crippen molar-refractivity contribution in [3.05, 3.63) is 0 Å². The second-order valence-electron chi connectivity index (χ2n) is 4.98. The molecule has 0 unspecified atom stereocenters. The molecule has 0 aliphatic heterocycles. The van der Waals surface area contributed by atoms with Gasteiger partial charge in [0.05, 0.1) is 5.75 Å². The Morgan fingerprint density at radius 2 is 1.09 bits per heavy atom. The van der Waals surface area contributed by atoms with Gasteiger partial charge in [0.2, 0.25) is 0 Å². The summed E-state index contributed by atoms with van der Waals surface area (Å²) in [6, 6.07) is 0.485. The van der Waals surface area contributed by atoms with Crippen LogP contribution in [0.4, 0.5) is 19.4 Å². The van der Waals surface area contributed by atoms with Gasteiger partial charge in [-0.3, -0.25) is 0 Å². The van der Waals surface area contributed by atoms with Crippen LogP contribution >= 0.6 is 10.2 Å². The highest BCUT2D eigenvalue weighted by Gasteiger charge is 2.62. The van der Waals surface area contributed by atoms with Gasteiger partial charge in [-0.15, -0.1) is 0 Å². The Morgan fingerprint density at radius 3 is 1.45 bits per heavy atom. The Bertz CT molecular complexity index is 308. The van der Waals surface area contributed by atoms with Gasteiger partial charge < -0.3 is 13.3 Å². The zero-order valence-electron chi connectivity index (χ0n) is 13.4. The van der Waals surface area contributed by atoms with E-state index in [0.29, 0.717) is 38.7 Å². The molecular weight excluding hydrogens is 347 g/mol. The largest absolute Gasteiger partial charge is 0.500 e. The molecule has 0 atom stereocenters. The molecule has 0 saturated carbocycles. The van der Waals surface area contributed by atoms with Gasteiger partial charge in [-0.25, -0.2) is 0 Å². The predicted octanol–water partition coefficient (Wildman–Crippen LogP) is 5.89. The third-order valence-corrected chi connectivity index (χ3v) is 7.07. The number of halogens is 5. The molecule has 0 aromatic rings. The molecule has 3 nitrogen and oxygen atoms in total. The van der Waals surface area contributed by atoms with E-state index in [0.717, 1.165) is 0 Å². The van der Waals surface area contributed by atoms with Crippen molar-refractivity contribution in [2.75, 3.05) is 25.6 Å². The lowest BCUT2D eigenvalue weighted by atomic mass is 10.2. The van der Waals surface area contributed by atoms with Crippen LogP contribution in [0.25, 0.3) is 0 Å². The minimum atomic E-state index is -9.25. The van der Waals surface area contributed by atoms with E-state index in [4.69, 9.17) is 13.3 Å². The van der Waals surface area contributed by atoms with Crippen molar-refractivity contribution in [3.63, 3.8) is 0 Å². The highest BCUT2D eigenvalue weighted by atomic mass is 32.5. The first-order valence-corrected chi connectivity index (χ1v) is 11.6. The monoisotopic (exact) mass is 374 g/mol. The van der Waals surface area contributed by atoms with E-state index in [9.17, 15) is 19.4 Å². The second kappa shape index (κ2) is 7.78. The lowest BCUT2D eigenvalue weighted by Crippen LogP contribution is -2.45. The minimum absolute atomic E-state index is 0.0977. The smallest absolute Gasteiger partial charge is 0.374 e. The fraction of sp³-hybridized carbons (Fsp3) is 1.00. The van der Waals surface area contributed by atoms with Crippen LogP contribution in [-0.4, -0.2) is 34.4 Å². The maximum atomic E-state index is 12.2. The summed E-state index contributed by atoms with van der Waals surface area (Å²) in [6.07, 6.45) is 0.493. The van der Waals surface area contributed by atoms with Gasteiger partial charge in [-0.1, -0.05) is 32.3 Å². The van der Waals surface area contributed by atoms with Gasteiger partial charge in [-0.05, 0) is 33.6 Å². The van der Waals surface area contributed by atoms with Crippen LogP contribution in [0.5, 0.6) is 0 Å². The highest BCUT2D eigenvalue weighted by Crippen LogP contribution is 2.97. The Kier molecular flexibility index (Phi) is 7.81. The molecule has 0 spiro atoms. The summed E-state index contributed by atoms with van der Waals surface area (Å²) in [5.41, 5.74) is 0. The zero-order chi connectivity index (χ0) is 17.4. The number of unbranched alkanes of at least 4 members (excludes halogenated alkanes) is 3. The molecule has 0 aliphatic carbocycles. The first-order chi connectivity index (χ1) is 9.87. The van der Waals surface area contributed by atoms with E-state index >= 15 is 0 Å². The topological polar surface area (TPSA) is 27.7 Å². The molecule has 0 rings (SSSR count). The highest BCUT2D eigenvalue weighted by molar-refractivity contribution is 8.45. The van der Waals surface area contributed by atoms with Crippen molar-refractivity contribution in [1.82, 2.24) is 0 Å². The molecule has 0 bridgehead atoms. The molecule has 0 aliphatic rings. The lowest BCUT2D eigenvalue weighted by molar-refractivity contribution is 0.0706. The Morgan fingerprint density at radius 1 is 0.682 bits per heavy atom. The van der Waals surface area contributed by atoms with E-state index in [2.05, 4.69) is 0 Å². The number of rotatable bonds is 13. The molecule has 0 N–H and O–H groups in total. The Balaban J connectivity index is 4.19. The summed E-state index contributed by atoms with van der Waals surface area (Å²) in [5.74, 6) is -1.98. The first-order valence-electron chi connectivity index (χ1n) is 7.51. The number of hydrogen-bond donors (Lipinski definition) is 0. The van der Waals surface area contributed by atoms with Gasteiger partial charge in [0.25, 0.3) is 10.2 Å². The van der Waals surface area contributed by atoms with E-state index in [1.807, 2.05) is 20.8 Å². The molecule has 0 fully saturated rings. The van der Waals surface area contributed by atoms with Crippen LogP contribution in [0, 0.1) is 0 Å². The van der Waals surface area contributed by atoms with Crippen LogP contribution in [0.3, 0.4) is 0 Å². The van der Waals surface area contributed by atoms with Crippen LogP contribution < -0.4 is 0 Å². The van der Waals surface area contributed by atoms with E-state index in [1.54, 1.807) is 0 Å². The normalized spacial score (nSPS) is 16.4. The molecule has 0 heterocycles.